The minimum atomic E-state index is -0.314. The van der Waals surface area contributed by atoms with Crippen LogP contribution < -0.4 is 5.32 Å². The Morgan fingerprint density at radius 2 is 1.89 bits per heavy atom. The van der Waals surface area contributed by atoms with Crippen LogP contribution in [-0.2, 0) is 16.0 Å². The van der Waals surface area contributed by atoms with Crippen LogP contribution in [0, 0.1) is 6.92 Å². The predicted octanol–water partition coefficient (Wildman–Crippen LogP) is 4.59. The zero-order chi connectivity index (χ0) is 18.5. The summed E-state index contributed by atoms with van der Waals surface area (Å²) in [5.74, 6) is 0. The number of aromatic nitrogens is 2. The van der Waals surface area contributed by atoms with Gasteiger partial charge >= 0.3 is 0 Å². The first kappa shape index (κ1) is 18.0. The summed E-state index contributed by atoms with van der Waals surface area (Å²) in [5.41, 5.74) is 4.32. The lowest BCUT2D eigenvalue weighted by Gasteiger charge is -2.14. The van der Waals surface area contributed by atoms with Crippen molar-refractivity contribution in [3.05, 3.63) is 77.9 Å². The van der Waals surface area contributed by atoms with Gasteiger partial charge in [0.1, 0.15) is 0 Å². The topological polar surface area (TPSA) is 56.3 Å². The standard InChI is InChI=1S/C21H21N3O2S/c1-15-12-16(6-9-23-15)13-24-17-2-4-18(5-3-17)27-20-7-8-22-14-19(20)21-25-10-11-26-21/h2-9,12,14,21,24H,10-11,13H2,1H3. The molecule has 1 N–H and O–H groups in total. The minimum Gasteiger partial charge on any atom is -0.381 e. The van der Waals surface area contributed by atoms with E-state index in [0.29, 0.717) is 13.2 Å². The highest BCUT2D eigenvalue weighted by Crippen LogP contribution is 2.36. The van der Waals surface area contributed by atoms with Crippen LogP contribution in [0.15, 0.2) is 70.8 Å². The summed E-state index contributed by atoms with van der Waals surface area (Å²) in [6.07, 6.45) is 5.15. The summed E-state index contributed by atoms with van der Waals surface area (Å²) in [6, 6.07) is 14.6. The van der Waals surface area contributed by atoms with Crippen molar-refractivity contribution in [1.29, 1.82) is 0 Å². The van der Waals surface area contributed by atoms with Crippen molar-refractivity contribution in [2.24, 2.45) is 0 Å². The summed E-state index contributed by atoms with van der Waals surface area (Å²) < 4.78 is 11.3. The van der Waals surface area contributed by atoms with Gasteiger partial charge in [0.15, 0.2) is 6.29 Å². The molecule has 6 heteroatoms. The molecule has 2 aromatic heterocycles. The molecular formula is C21H21N3O2S. The van der Waals surface area contributed by atoms with Gasteiger partial charge in [-0.05, 0) is 55.0 Å². The van der Waals surface area contributed by atoms with Gasteiger partial charge < -0.3 is 14.8 Å². The molecule has 1 aliphatic rings. The maximum Gasteiger partial charge on any atom is 0.186 e. The Balaban J connectivity index is 1.41. The number of nitrogens with one attached hydrogen (secondary N) is 1. The van der Waals surface area contributed by atoms with Crippen LogP contribution in [-0.4, -0.2) is 23.2 Å². The zero-order valence-corrected chi connectivity index (χ0v) is 15.9. The Bertz CT molecular complexity index is 896. The Labute approximate surface area is 163 Å². The van der Waals surface area contributed by atoms with Crippen molar-refractivity contribution in [3.8, 4) is 0 Å². The third-order valence-electron chi connectivity index (χ3n) is 4.23. The van der Waals surface area contributed by atoms with E-state index in [4.69, 9.17) is 9.47 Å². The normalized spacial score (nSPS) is 14.4. The van der Waals surface area contributed by atoms with Gasteiger partial charge in [-0.15, -0.1) is 0 Å². The molecule has 27 heavy (non-hydrogen) atoms. The summed E-state index contributed by atoms with van der Waals surface area (Å²) in [6.45, 7) is 4.04. The van der Waals surface area contributed by atoms with Gasteiger partial charge in [0.05, 0.1) is 13.2 Å². The van der Waals surface area contributed by atoms with Gasteiger partial charge in [-0.25, -0.2) is 0 Å². The van der Waals surface area contributed by atoms with E-state index in [-0.39, 0.29) is 6.29 Å². The number of hydrogen-bond donors (Lipinski definition) is 1. The second-order valence-corrected chi connectivity index (χ2v) is 7.39. The Morgan fingerprint density at radius 1 is 1.07 bits per heavy atom. The van der Waals surface area contributed by atoms with Crippen molar-refractivity contribution < 1.29 is 9.47 Å². The van der Waals surface area contributed by atoms with Gasteiger partial charge in [0.2, 0.25) is 0 Å². The number of anilines is 1. The molecule has 4 rings (SSSR count). The van der Waals surface area contributed by atoms with Crippen LogP contribution in [0.4, 0.5) is 5.69 Å². The van der Waals surface area contributed by atoms with E-state index in [1.165, 1.54) is 5.56 Å². The number of hydrogen-bond acceptors (Lipinski definition) is 6. The molecule has 0 saturated carbocycles. The fourth-order valence-electron chi connectivity index (χ4n) is 2.89. The van der Waals surface area contributed by atoms with Gasteiger partial charge in [-0.2, -0.15) is 0 Å². The lowest BCUT2D eigenvalue weighted by atomic mass is 10.2. The lowest BCUT2D eigenvalue weighted by molar-refractivity contribution is -0.0462. The molecule has 1 saturated heterocycles. The average molecular weight is 379 g/mol. The molecular weight excluding hydrogens is 358 g/mol. The molecule has 5 nitrogen and oxygen atoms in total. The highest BCUT2D eigenvalue weighted by atomic mass is 32.2. The molecule has 0 aliphatic carbocycles. The van der Waals surface area contributed by atoms with Crippen LogP contribution in [0.1, 0.15) is 23.1 Å². The maximum absolute atomic E-state index is 5.63. The monoisotopic (exact) mass is 379 g/mol. The van der Waals surface area contributed by atoms with E-state index >= 15 is 0 Å². The summed E-state index contributed by atoms with van der Waals surface area (Å²) in [5, 5.41) is 3.45. The quantitative estimate of drug-likeness (QED) is 0.676. The van der Waals surface area contributed by atoms with Gasteiger partial charge in [0.25, 0.3) is 0 Å². The van der Waals surface area contributed by atoms with E-state index in [9.17, 15) is 0 Å². The molecule has 1 fully saturated rings. The average Bonchev–Trinajstić information content (AvgIpc) is 3.23. The van der Waals surface area contributed by atoms with E-state index < -0.39 is 0 Å². The predicted molar refractivity (Wildman–Crippen MR) is 106 cm³/mol. The molecule has 0 atom stereocenters. The van der Waals surface area contributed by atoms with E-state index in [2.05, 4.69) is 45.6 Å². The van der Waals surface area contributed by atoms with Crippen molar-refractivity contribution >= 4 is 17.4 Å². The minimum absolute atomic E-state index is 0.314. The lowest BCUT2D eigenvalue weighted by Crippen LogP contribution is -2.01. The molecule has 0 amide bonds. The van der Waals surface area contributed by atoms with E-state index in [1.807, 2.05) is 31.5 Å². The Kier molecular flexibility index (Phi) is 5.67. The highest BCUT2D eigenvalue weighted by Gasteiger charge is 2.21. The molecule has 0 radical (unpaired) electrons. The third-order valence-corrected chi connectivity index (χ3v) is 5.33. The van der Waals surface area contributed by atoms with Crippen molar-refractivity contribution in [2.75, 3.05) is 18.5 Å². The van der Waals surface area contributed by atoms with Crippen LogP contribution in [0.2, 0.25) is 0 Å². The zero-order valence-electron chi connectivity index (χ0n) is 15.1. The van der Waals surface area contributed by atoms with Crippen molar-refractivity contribution in [3.63, 3.8) is 0 Å². The second kappa shape index (κ2) is 8.52. The number of benzene rings is 1. The highest BCUT2D eigenvalue weighted by molar-refractivity contribution is 7.99. The number of rotatable bonds is 6. The van der Waals surface area contributed by atoms with Gasteiger partial charge in [-0.1, -0.05) is 11.8 Å². The second-order valence-electron chi connectivity index (χ2n) is 6.27. The Morgan fingerprint density at radius 3 is 2.67 bits per heavy atom. The van der Waals surface area contributed by atoms with Crippen LogP contribution in [0.25, 0.3) is 0 Å². The van der Waals surface area contributed by atoms with Gasteiger partial charge in [0, 0.05) is 51.9 Å². The van der Waals surface area contributed by atoms with Gasteiger partial charge in [-0.3, -0.25) is 9.97 Å². The van der Waals surface area contributed by atoms with Crippen molar-refractivity contribution in [2.45, 2.75) is 29.5 Å². The fourth-order valence-corrected chi connectivity index (χ4v) is 3.81. The first-order valence-corrected chi connectivity index (χ1v) is 9.70. The SMILES string of the molecule is Cc1cc(CNc2ccc(Sc3ccncc3C3OCCO3)cc2)ccn1. The molecule has 1 aliphatic heterocycles. The van der Waals surface area contributed by atoms with E-state index in [0.717, 1.165) is 33.3 Å². The number of nitrogens with zero attached hydrogens (tertiary/aromatic N) is 2. The number of aryl methyl sites for hydroxylation is 1. The Hall–Kier alpha value is -2.41. The van der Waals surface area contributed by atoms with E-state index in [1.54, 1.807) is 18.0 Å². The summed E-state index contributed by atoms with van der Waals surface area (Å²) in [4.78, 5) is 10.7. The van der Waals surface area contributed by atoms with Crippen LogP contribution >= 0.6 is 11.8 Å². The molecule has 138 valence electrons. The largest absolute Gasteiger partial charge is 0.381 e. The first-order chi connectivity index (χ1) is 13.3. The summed E-state index contributed by atoms with van der Waals surface area (Å²) >= 11 is 1.69. The maximum atomic E-state index is 5.63. The van der Waals surface area contributed by atoms with Crippen LogP contribution in [0.3, 0.4) is 0 Å². The molecule has 0 unspecified atom stereocenters. The first-order valence-electron chi connectivity index (χ1n) is 8.88. The fraction of sp³-hybridized carbons (Fsp3) is 0.238. The smallest absolute Gasteiger partial charge is 0.186 e. The molecule has 3 heterocycles. The molecule has 1 aromatic carbocycles. The summed E-state index contributed by atoms with van der Waals surface area (Å²) in [7, 11) is 0. The molecule has 0 spiro atoms. The number of pyridine rings is 2. The molecule has 3 aromatic rings. The van der Waals surface area contributed by atoms with Crippen molar-refractivity contribution in [1.82, 2.24) is 9.97 Å². The molecule has 0 bridgehead atoms. The third kappa shape index (κ3) is 4.66. The number of ether oxygens (including phenoxy) is 2. The van der Waals surface area contributed by atoms with Crippen LogP contribution in [0.5, 0.6) is 0 Å².